The normalized spacial score (nSPS) is 9.53. The minimum Gasteiger partial charge on any atom is -0.213 e. The zero-order valence-electron chi connectivity index (χ0n) is 11.5. The van der Waals surface area contributed by atoms with E-state index in [-0.39, 0.29) is 21.7 Å². The van der Waals surface area contributed by atoms with Crippen LogP contribution in [0.4, 0.5) is 0 Å². The first-order valence-corrected chi connectivity index (χ1v) is 6.71. The van der Waals surface area contributed by atoms with Gasteiger partial charge in [-0.3, -0.25) is 0 Å². The molecule has 0 bridgehead atoms. The molecule has 0 aliphatic carbocycles. The molecule has 1 heteroatoms. The van der Waals surface area contributed by atoms with E-state index in [1.54, 1.807) is 0 Å². The fourth-order valence-electron chi connectivity index (χ4n) is 2.03. The minimum atomic E-state index is 0. The van der Waals surface area contributed by atoms with Crippen LogP contribution in [-0.2, 0) is 28.1 Å². The fourth-order valence-corrected chi connectivity index (χ4v) is 2.03. The molecule has 0 unspecified atom stereocenters. The van der Waals surface area contributed by atoms with E-state index in [0.29, 0.717) is 0 Å². The first kappa shape index (κ1) is 16.0. The zero-order valence-corrected chi connectivity index (χ0v) is 13.0. The molecule has 0 aliphatic heterocycles. The smallest absolute Gasteiger partial charge is 0.213 e. The van der Waals surface area contributed by atoms with Crippen LogP contribution in [0.1, 0.15) is 25.3 Å². The van der Waals surface area contributed by atoms with Crippen LogP contribution in [0.15, 0.2) is 66.7 Å². The van der Waals surface area contributed by atoms with Crippen molar-refractivity contribution in [2.45, 2.75) is 26.2 Å². The van der Waals surface area contributed by atoms with Gasteiger partial charge in [0.15, 0.2) is 0 Å². The largest absolute Gasteiger partial charge is 2.00 e. The van der Waals surface area contributed by atoms with Crippen molar-refractivity contribution in [3.8, 4) is 0 Å². The summed E-state index contributed by atoms with van der Waals surface area (Å²) >= 11 is 0. The van der Waals surface area contributed by atoms with Gasteiger partial charge in [-0.15, -0.1) is 29.7 Å². The summed E-state index contributed by atoms with van der Waals surface area (Å²) in [4.78, 5) is 0. The van der Waals surface area contributed by atoms with Crippen molar-refractivity contribution < 1.29 is 21.7 Å². The Labute approximate surface area is 131 Å². The second-order valence-electron chi connectivity index (χ2n) is 4.55. The Morgan fingerprint density at radius 2 is 1.74 bits per heavy atom. The third-order valence-corrected chi connectivity index (χ3v) is 3.10. The SMILES string of the molecule is CCCC[c-]1cccc1.[Ti+2].c1ccc2[cH-]ccc2c1. The third-order valence-electron chi connectivity index (χ3n) is 3.10. The Bertz CT molecular complexity index is 516. The molecule has 0 aliphatic rings. The molecule has 0 nitrogen and oxygen atoms in total. The Kier molecular flexibility index (Phi) is 7.47. The number of benzene rings is 1. The Morgan fingerprint density at radius 3 is 2.42 bits per heavy atom. The van der Waals surface area contributed by atoms with Crippen LogP contribution in [0.2, 0.25) is 0 Å². The summed E-state index contributed by atoms with van der Waals surface area (Å²) < 4.78 is 0. The van der Waals surface area contributed by atoms with Crippen molar-refractivity contribution in [1.29, 1.82) is 0 Å². The van der Waals surface area contributed by atoms with Gasteiger partial charge >= 0.3 is 21.7 Å². The number of hydrogen-bond donors (Lipinski definition) is 0. The summed E-state index contributed by atoms with van der Waals surface area (Å²) in [5.74, 6) is 0. The molecule has 3 rings (SSSR count). The van der Waals surface area contributed by atoms with Crippen LogP contribution in [0.3, 0.4) is 0 Å². The standard InChI is InChI=1S/C9H7.C9H13.Ti/c1-2-5-9-7-3-6-8(9)4-1;1-2-3-6-9-7-4-5-8-9;/h1-7H;4-5,7-8H,2-3,6H2,1H3;/q2*-1;+2. The Morgan fingerprint density at radius 1 is 1.00 bits per heavy atom. The molecular weight excluding hydrogens is 264 g/mol. The number of rotatable bonds is 3. The van der Waals surface area contributed by atoms with E-state index in [2.05, 4.69) is 73.7 Å². The molecular formula is C18H20Ti. The topological polar surface area (TPSA) is 0 Å². The molecule has 0 amide bonds. The van der Waals surface area contributed by atoms with Gasteiger partial charge in [-0.1, -0.05) is 32.3 Å². The van der Waals surface area contributed by atoms with Gasteiger partial charge in [0.25, 0.3) is 0 Å². The number of aryl methyl sites for hydroxylation is 1. The average Bonchev–Trinajstić information content (AvgIpc) is 3.08. The van der Waals surface area contributed by atoms with E-state index in [1.807, 2.05) is 0 Å². The maximum atomic E-state index is 2.23. The first-order valence-electron chi connectivity index (χ1n) is 6.71. The van der Waals surface area contributed by atoms with E-state index in [0.717, 1.165) is 0 Å². The zero-order chi connectivity index (χ0) is 12.6. The van der Waals surface area contributed by atoms with Gasteiger partial charge in [-0.25, -0.2) is 12.1 Å². The van der Waals surface area contributed by atoms with Gasteiger partial charge in [0.2, 0.25) is 0 Å². The number of unbranched alkanes of at least 4 members (excludes halogenated alkanes) is 1. The van der Waals surface area contributed by atoms with Crippen LogP contribution in [0.25, 0.3) is 10.8 Å². The van der Waals surface area contributed by atoms with Crippen LogP contribution >= 0.6 is 0 Å². The quantitative estimate of drug-likeness (QED) is 0.452. The molecule has 0 spiro atoms. The molecule has 0 saturated carbocycles. The third kappa shape index (κ3) is 5.18. The van der Waals surface area contributed by atoms with Crippen LogP contribution < -0.4 is 0 Å². The Balaban J connectivity index is 0.000000180. The summed E-state index contributed by atoms with van der Waals surface area (Å²) in [7, 11) is 0. The number of fused-ring (bicyclic) bond motifs is 1. The van der Waals surface area contributed by atoms with E-state index < -0.39 is 0 Å². The van der Waals surface area contributed by atoms with E-state index in [1.165, 1.54) is 35.6 Å². The van der Waals surface area contributed by atoms with E-state index in [4.69, 9.17) is 0 Å². The van der Waals surface area contributed by atoms with E-state index >= 15 is 0 Å². The molecule has 0 heterocycles. The van der Waals surface area contributed by atoms with Crippen molar-refractivity contribution in [2.75, 3.05) is 0 Å². The summed E-state index contributed by atoms with van der Waals surface area (Å²) in [6.45, 7) is 2.23. The van der Waals surface area contributed by atoms with Crippen LogP contribution in [0.5, 0.6) is 0 Å². The first-order chi connectivity index (χ1) is 8.90. The molecule has 0 N–H and O–H groups in total. The van der Waals surface area contributed by atoms with Crippen molar-refractivity contribution in [1.82, 2.24) is 0 Å². The van der Waals surface area contributed by atoms with Gasteiger partial charge in [0.05, 0.1) is 0 Å². The summed E-state index contributed by atoms with van der Waals surface area (Å²) in [6.07, 6.45) is 3.87. The van der Waals surface area contributed by atoms with Crippen LogP contribution in [0, 0.1) is 0 Å². The second kappa shape index (κ2) is 8.90. The van der Waals surface area contributed by atoms with Crippen molar-refractivity contribution in [3.63, 3.8) is 0 Å². The molecule has 0 fully saturated rings. The molecule has 0 radical (unpaired) electrons. The van der Waals surface area contributed by atoms with Gasteiger partial charge < -0.3 is 0 Å². The van der Waals surface area contributed by atoms with Gasteiger partial charge in [0.1, 0.15) is 0 Å². The molecule has 0 saturated heterocycles. The summed E-state index contributed by atoms with van der Waals surface area (Å²) in [5, 5.41) is 2.66. The monoisotopic (exact) mass is 284 g/mol. The second-order valence-corrected chi connectivity index (χ2v) is 4.55. The van der Waals surface area contributed by atoms with Gasteiger partial charge in [-0.05, 0) is 0 Å². The molecule has 0 atom stereocenters. The predicted octanol–water partition coefficient (Wildman–Crippen LogP) is 5.30. The molecule has 3 aromatic rings. The average molecular weight is 284 g/mol. The van der Waals surface area contributed by atoms with Gasteiger partial charge in [0, 0.05) is 0 Å². The maximum Gasteiger partial charge on any atom is 2.00 e. The van der Waals surface area contributed by atoms with E-state index in [9.17, 15) is 0 Å². The van der Waals surface area contributed by atoms with Crippen molar-refractivity contribution >= 4 is 10.8 Å². The Hall–Kier alpha value is -1.11. The van der Waals surface area contributed by atoms with Gasteiger partial charge in [-0.2, -0.15) is 35.2 Å². The summed E-state index contributed by atoms with van der Waals surface area (Å²) in [5.41, 5.74) is 1.48. The fraction of sp³-hybridized carbons (Fsp3) is 0.222. The predicted molar refractivity (Wildman–Crippen MR) is 80.2 cm³/mol. The molecule has 19 heavy (non-hydrogen) atoms. The van der Waals surface area contributed by atoms with Crippen molar-refractivity contribution in [3.05, 3.63) is 72.3 Å². The van der Waals surface area contributed by atoms with Crippen LogP contribution in [-0.4, -0.2) is 0 Å². The minimum absolute atomic E-state index is 0. The molecule has 96 valence electrons. The maximum absolute atomic E-state index is 2.23. The summed E-state index contributed by atoms with van der Waals surface area (Å²) in [6, 6.07) is 23.3. The number of hydrogen-bond acceptors (Lipinski definition) is 0. The van der Waals surface area contributed by atoms with Crippen molar-refractivity contribution in [2.24, 2.45) is 0 Å². The molecule has 3 aromatic carbocycles. The molecule has 0 aromatic heterocycles.